The monoisotopic (exact) mass is 1410 g/mol. The first-order chi connectivity index (χ1) is 48.2. The minimum Gasteiger partial charge on any atom is -0.497 e. The van der Waals surface area contributed by atoms with Gasteiger partial charge in [-0.1, -0.05) is 215 Å². The van der Waals surface area contributed by atoms with E-state index in [4.69, 9.17) is 111 Å². The lowest BCUT2D eigenvalue weighted by Crippen LogP contribution is -2.68. The van der Waals surface area contributed by atoms with E-state index in [0.717, 1.165) is 18.2 Å². The van der Waals surface area contributed by atoms with Gasteiger partial charge in [-0.25, -0.2) is 14.4 Å². The number of rotatable bonds is 30. The summed E-state index contributed by atoms with van der Waals surface area (Å²) in [6, 6.07) is 56.3. The molecule has 518 valence electrons. The predicted octanol–water partition coefficient (Wildman–Crippen LogP) is 12.5. The second kappa shape index (κ2) is 36.4. The summed E-state index contributed by atoms with van der Waals surface area (Å²) < 4.78 is 95.2. The molecule has 3 saturated heterocycles. The number of azide groups is 2. The molecule has 7 aromatic rings. The Hall–Kier alpha value is -8.69. The molecule has 3 heterocycles. The fourth-order valence-corrected chi connectivity index (χ4v) is 11.3. The molecule has 3 fully saturated rings. The maximum atomic E-state index is 15.0. The average Bonchev–Trinajstić information content (AvgIpc) is 0.765. The molecule has 0 amide bonds. The van der Waals surface area contributed by atoms with Crippen LogP contribution in [0.2, 0.25) is 0 Å². The zero-order valence-corrected chi connectivity index (χ0v) is 55.7. The highest BCUT2D eigenvalue weighted by Gasteiger charge is 2.59. The molecule has 3 aliphatic heterocycles. The maximum Gasteiger partial charge on any atom is 0.338 e. The van der Waals surface area contributed by atoms with Gasteiger partial charge in [0.2, 0.25) is 12.2 Å². The van der Waals surface area contributed by atoms with E-state index < -0.39 is 133 Å². The second-order valence-electron chi connectivity index (χ2n) is 22.7. The van der Waals surface area contributed by atoms with E-state index in [1.54, 1.807) is 121 Å². The van der Waals surface area contributed by atoms with Gasteiger partial charge in [0.25, 0.3) is 3.79 Å². The van der Waals surface area contributed by atoms with Gasteiger partial charge in [0.1, 0.15) is 79.4 Å². The van der Waals surface area contributed by atoms with Gasteiger partial charge >= 0.3 is 17.9 Å². The highest BCUT2D eigenvalue weighted by atomic mass is 35.6. The van der Waals surface area contributed by atoms with Crippen LogP contribution in [0.4, 0.5) is 0 Å². The first-order valence-corrected chi connectivity index (χ1v) is 32.4. The number of carbonyl (C=O) groups excluding carboxylic acids is 3. The van der Waals surface area contributed by atoms with Gasteiger partial charge in [0.15, 0.2) is 18.7 Å². The third-order valence-electron chi connectivity index (χ3n) is 16.1. The first kappa shape index (κ1) is 73.0. The smallest absolute Gasteiger partial charge is 0.338 e. The van der Waals surface area contributed by atoms with Crippen molar-refractivity contribution < 1.29 is 85.4 Å². The van der Waals surface area contributed by atoms with E-state index in [9.17, 15) is 20.7 Å². The van der Waals surface area contributed by atoms with Gasteiger partial charge in [-0.15, -0.1) is 0 Å². The highest BCUT2D eigenvalue weighted by Crippen LogP contribution is 2.40. The number of benzene rings is 7. The molecule has 25 nitrogen and oxygen atoms in total. The third-order valence-corrected chi connectivity index (χ3v) is 16.6. The third kappa shape index (κ3) is 20.0. The van der Waals surface area contributed by atoms with Crippen molar-refractivity contribution in [3.63, 3.8) is 0 Å². The molecule has 28 heteroatoms. The number of hydrogen-bond donors (Lipinski definition) is 1. The number of ether oxygens (including phenoxy) is 15. The summed E-state index contributed by atoms with van der Waals surface area (Å²) in [6.45, 7) is -1.44. The molecule has 99 heavy (non-hydrogen) atoms. The summed E-state index contributed by atoms with van der Waals surface area (Å²) >= 11 is 18.5. The molecule has 15 atom stereocenters. The Bertz CT molecular complexity index is 3800. The van der Waals surface area contributed by atoms with Crippen LogP contribution in [-0.4, -0.2) is 147 Å². The van der Waals surface area contributed by atoms with Crippen molar-refractivity contribution in [2.75, 3.05) is 27.4 Å². The number of carbonyl (C=O) groups is 3. The Morgan fingerprint density at radius 3 is 1.39 bits per heavy atom. The standard InChI is InChI=1S/C71H70Cl3N7O18/c1-85-51-35-33-48(34-36-51)37-87-42-52-57(59(95-65(83)50-31-19-8-20-32-50)55(79-81-77)68(93-52)99-70(75)71(72,73)74)96-69-63(91-41-47-27-15-6-16-28-47)60(90-40-46-25-13-5-14-26-46)61(62(98-69)66(84)86-2)97-67-54(78-80-76)58(89-39-45-23-11-4-12-24-45)56(88-38-44-21-9-3-10-22-44)53(94-67)43-92-64(82)49-29-17-7-18-30-49/h3-36,52-63,67-69,75H,37-43H2,1-2H3/t52?,53?,54?,55?,56-,57-,58+,59+,60+,61+,62?,63?,67-,68?,69+/m0/s1. The normalized spacial score (nSPS) is 25.1. The van der Waals surface area contributed by atoms with Crippen molar-refractivity contribution in [2.24, 2.45) is 10.2 Å². The zero-order valence-electron chi connectivity index (χ0n) is 53.4. The number of hydrogen-bond acceptors (Lipinski definition) is 21. The number of methoxy groups -OCH3 is 2. The lowest BCUT2D eigenvalue weighted by atomic mass is 9.94. The number of esters is 3. The summed E-state index contributed by atoms with van der Waals surface area (Å²) in [6.07, 6.45) is -20.9. The van der Waals surface area contributed by atoms with E-state index in [1.165, 1.54) is 19.2 Å². The van der Waals surface area contributed by atoms with Crippen molar-refractivity contribution >= 4 is 58.6 Å². The Morgan fingerprint density at radius 1 is 0.465 bits per heavy atom. The van der Waals surface area contributed by atoms with E-state index in [0.29, 0.717) is 22.4 Å². The molecular formula is C71H70Cl3N7O18. The number of nitrogens with one attached hydrogen (secondary N) is 1. The van der Waals surface area contributed by atoms with Crippen molar-refractivity contribution in [2.45, 2.75) is 129 Å². The fourth-order valence-electron chi connectivity index (χ4n) is 11.2. The lowest BCUT2D eigenvalue weighted by Gasteiger charge is -2.50. The number of halogens is 3. The van der Waals surface area contributed by atoms with Crippen molar-refractivity contribution in [1.82, 2.24) is 0 Å². The second-order valence-corrected chi connectivity index (χ2v) is 25.0. The van der Waals surface area contributed by atoms with Crippen molar-refractivity contribution in [3.8, 4) is 5.75 Å². The summed E-state index contributed by atoms with van der Waals surface area (Å²) in [5.74, 6) is -3.11. The Kier molecular flexibility index (Phi) is 26.9. The van der Waals surface area contributed by atoms with Crippen LogP contribution in [0.5, 0.6) is 5.75 Å². The molecule has 1 N–H and O–H groups in total. The summed E-state index contributed by atoms with van der Waals surface area (Å²) in [5.41, 5.74) is 24.6. The van der Waals surface area contributed by atoms with E-state index in [-0.39, 0.29) is 44.2 Å². The molecular weight excluding hydrogens is 1350 g/mol. The van der Waals surface area contributed by atoms with Gasteiger partial charge in [-0.2, -0.15) is 0 Å². The topological polar surface area (TPSA) is 311 Å². The Labute approximate surface area is 584 Å². The van der Waals surface area contributed by atoms with Gasteiger partial charge in [0.05, 0.1) is 65.0 Å². The summed E-state index contributed by atoms with van der Waals surface area (Å²) in [4.78, 5) is 49.8. The van der Waals surface area contributed by atoms with Crippen LogP contribution in [0, 0.1) is 5.41 Å². The van der Waals surface area contributed by atoms with Gasteiger partial charge in [-0.3, -0.25) is 5.41 Å². The molecule has 7 unspecified atom stereocenters. The minimum absolute atomic E-state index is 0.0141. The molecule has 10 rings (SSSR count). The maximum absolute atomic E-state index is 15.0. The average molecular weight is 1420 g/mol. The summed E-state index contributed by atoms with van der Waals surface area (Å²) in [7, 11) is 2.64. The van der Waals surface area contributed by atoms with Crippen molar-refractivity contribution in [1.29, 1.82) is 5.41 Å². The number of nitrogens with zero attached hydrogens (tertiary/aromatic N) is 6. The molecule has 0 aromatic heterocycles. The highest BCUT2D eigenvalue weighted by molar-refractivity contribution is 6.76. The van der Waals surface area contributed by atoms with E-state index >= 15 is 4.79 Å². The van der Waals surface area contributed by atoms with Crippen molar-refractivity contribution in [3.05, 3.63) is 266 Å². The van der Waals surface area contributed by atoms with Crippen LogP contribution in [0.3, 0.4) is 0 Å². The van der Waals surface area contributed by atoms with Gasteiger partial charge in [0, 0.05) is 9.82 Å². The van der Waals surface area contributed by atoms with E-state index in [1.807, 2.05) is 72.8 Å². The zero-order chi connectivity index (χ0) is 69.5. The van der Waals surface area contributed by atoms with Gasteiger partial charge < -0.3 is 71.1 Å². The SMILES string of the molecule is COC(=O)C1O[C@@H](O[C@H]2C(COCc3ccc(OC)cc3)OC(OC(=N)C(Cl)(Cl)Cl)C(N=[N+]=[N-])[C@H]2OC(=O)c2ccccc2)C(OCc2ccccc2)[C@H](OCc2ccccc2)[C@H]1O[C@@H]1OC(COC(=O)c2ccccc2)[C@H](OCc2ccccc2)[C@H](OCc2ccccc2)C1N=[N+]=[N-]. The Balaban J connectivity index is 1.10. The van der Waals surface area contributed by atoms with Gasteiger partial charge in [-0.05, 0) is 75.3 Å². The first-order valence-electron chi connectivity index (χ1n) is 31.3. The van der Waals surface area contributed by atoms with Crippen LogP contribution in [-0.2, 0) is 104 Å². The van der Waals surface area contributed by atoms with Crippen LogP contribution >= 0.6 is 34.8 Å². The van der Waals surface area contributed by atoms with Crippen LogP contribution in [0.25, 0.3) is 20.9 Å². The van der Waals surface area contributed by atoms with E-state index in [2.05, 4.69) is 20.1 Å². The summed E-state index contributed by atoms with van der Waals surface area (Å²) in [5, 5.41) is 17.0. The quantitative estimate of drug-likeness (QED) is 0.00639. The van der Waals surface area contributed by atoms with Crippen LogP contribution < -0.4 is 4.74 Å². The molecule has 0 spiro atoms. The molecule has 0 saturated carbocycles. The largest absolute Gasteiger partial charge is 0.497 e. The molecule has 0 aliphatic carbocycles. The van der Waals surface area contributed by atoms with Crippen LogP contribution in [0.1, 0.15) is 48.5 Å². The fraction of sp³-hybridized carbons (Fsp3) is 0.352. The van der Waals surface area contributed by atoms with Crippen LogP contribution in [0.15, 0.2) is 216 Å². The molecule has 0 radical (unpaired) electrons. The predicted molar refractivity (Wildman–Crippen MR) is 358 cm³/mol. The minimum atomic E-state index is -2.49. The number of alkyl halides is 3. The lowest BCUT2D eigenvalue weighted by molar-refractivity contribution is -0.370. The molecule has 7 aromatic carbocycles. The Morgan fingerprint density at radius 2 is 0.899 bits per heavy atom. The molecule has 3 aliphatic rings. The molecule has 0 bridgehead atoms.